The van der Waals surface area contributed by atoms with E-state index in [0.717, 1.165) is 53.7 Å². The molecule has 0 saturated carbocycles. The van der Waals surface area contributed by atoms with Gasteiger partial charge in [-0.25, -0.2) is 4.98 Å². The maximum absolute atomic E-state index is 11.0. The van der Waals surface area contributed by atoms with E-state index in [-0.39, 0.29) is 6.54 Å². The smallest absolute Gasteiger partial charge is 0.317 e. The maximum atomic E-state index is 11.0. The third-order valence-electron chi connectivity index (χ3n) is 4.69. The molecule has 0 unspecified atom stereocenters. The molecule has 0 bridgehead atoms. The van der Waals surface area contributed by atoms with E-state index in [0.29, 0.717) is 6.04 Å². The molecule has 1 N–H and O–H groups in total. The van der Waals surface area contributed by atoms with E-state index < -0.39 is 5.97 Å². The highest BCUT2D eigenvalue weighted by Crippen LogP contribution is 2.25. The molecule has 2 aromatic rings. The minimum absolute atomic E-state index is 0.129. The van der Waals surface area contributed by atoms with Crippen LogP contribution >= 0.6 is 15.9 Å². The number of aliphatic carboxylic acids is 1. The van der Waals surface area contributed by atoms with Gasteiger partial charge >= 0.3 is 5.97 Å². The number of carbonyl (C=O) groups is 1. The lowest BCUT2D eigenvalue weighted by atomic mass is 10.0. The van der Waals surface area contributed by atoms with Gasteiger partial charge in [-0.2, -0.15) is 0 Å². The van der Waals surface area contributed by atoms with E-state index >= 15 is 0 Å². The third kappa shape index (κ3) is 3.87. The van der Waals surface area contributed by atoms with Crippen LogP contribution in [0.2, 0.25) is 0 Å². The van der Waals surface area contributed by atoms with Crippen LogP contribution in [0.3, 0.4) is 0 Å². The van der Waals surface area contributed by atoms with Crippen molar-refractivity contribution in [2.24, 2.45) is 0 Å². The van der Waals surface area contributed by atoms with Crippen molar-refractivity contribution in [2.45, 2.75) is 25.8 Å². The van der Waals surface area contributed by atoms with Gasteiger partial charge in [-0.05, 0) is 49.7 Å². The van der Waals surface area contributed by atoms with E-state index in [4.69, 9.17) is 10.1 Å². The Bertz CT molecular complexity index is 729. The predicted octanol–water partition coefficient (Wildman–Crippen LogP) is 3.37. The fraction of sp³-hybridized carbons (Fsp3) is 0.444. The summed E-state index contributed by atoms with van der Waals surface area (Å²) in [5, 5.41) is 10.2. The first kappa shape index (κ1) is 17.2. The summed E-state index contributed by atoms with van der Waals surface area (Å²) < 4.78 is 1.06. The number of hydrogen-bond acceptors (Lipinski definition) is 4. The zero-order valence-corrected chi connectivity index (χ0v) is 15.4. The zero-order chi connectivity index (χ0) is 17.1. The Kier molecular flexibility index (Phi) is 5.36. The third-order valence-corrected chi connectivity index (χ3v) is 5.18. The molecule has 1 aromatic carbocycles. The van der Waals surface area contributed by atoms with E-state index in [2.05, 4.69) is 43.9 Å². The molecule has 24 heavy (non-hydrogen) atoms. The molecule has 1 aromatic heterocycles. The van der Waals surface area contributed by atoms with Crippen LogP contribution in [0.25, 0.3) is 10.9 Å². The molecule has 1 saturated heterocycles. The summed E-state index contributed by atoms with van der Waals surface area (Å²) in [5.41, 5.74) is 0.999. The summed E-state index contributed by atoms with van der Waals surface area (Å²) in [4.78, 5) is 20.1. The van der Waals surface area contributed by atoms with Crippen LogP contribution in [0.15, 0.2) is 34.8 Å². The van der Waals surface area contributed by atoms with Gasteiger partial charge in [0, 0.05) is 29.0 Å². The number of nitrogens with zero attached hydrogens (tertiary/aromatic N) is 3. The Labute approximate surface area is 150 Å². The lowest BCUT2D eigenvalue weighted by molar-refractivity contribution is -0.139. The number of fused-ring (bicyclic) bond motifs is 1. The van der Waals surface area contributed by atoms with Crippen LogP contribution in [0, 0.1) is 0 Å². The van der Waals surface area contributed by atoms with Crippen LogP contribution in [-0.2, 0) is 4.79 Å². The molecule has 1 aliphatic rings. The molecule has 0 radical (unpaired) electrons. The molecule has 2 heterocycles. The van der Waals surface area contributed by atoms with Gasteiger partial charge in [0.05, 0.1) is 12.1 Å². The molecule has 128 valence electrons. The lowest BCUT2D eigenvalue weighted by Gasteiger charge is -2.38. The predicted molar refractivity (Wildman–Crippen MR) is 99.6 cm³/mol. The van der Waals surface area contributed by atoms with Gasteiger partial charge < -0.3 is 10.0 Å². The SMILES string of the molecule is CCN(CC(=O)O)C1CCN(c2ccc3cc(Br)ccc3n2)CC1. The van der Waals surface area contributed by atoms with Gasteiger partial charge in [0.15, 0.2) is 0 Å². The Morgan fingerprint density at radius 3 is 2.75 bits per heavy atom. The fourth-order valence-electron chi connectivity index (χ4n) is 3.39. The Morgan fingerprint density at radius 2 is 2.08 bits per heavy atom. The number of halogens is 1. The molecular weight excluding hydrogens is 370 g/mol. The van der Waals surface area contributed by atoms with E-state index in [9.17, 15) is 4.79 Å². The number of pyridine rings is 1. The van der Waals surface area contributed by atoms with Gasteiger partial charge in [-0.1, -0.05) is 22.9 Å². The van der Waals surface area contributed by atoms with Crippen LogP contribution in [0.1, 0.15) is 19.8 Å². The second-order valence-electron chi connectivity index (χ2n) is 6.18. The molecule has 0 spiro atoms. The van der Waals surface area contributed by atoms with Gasteiger partial charge in [-0.15, -0.1) is 0 Å². The first-order valence-corrected chi connectivity index (χ1v) is 9.13. The molecule has 0 atom stereocenters. The van der Waals surface area contributed by atoms with Crippen LogP contribution < -0.4 is 4.90 Å². The molecule has 3 rings (SSSR count). The maximum Gasteiger partial charge on any atom is 0.317 e. The monoisotopic (exact) mass is 391 g/mol. The second-order valence-corrected chi connectivity index (χ2v) is 7.10. The van der Waals surface area contributed by atoms with Crippen LogP contribution in [-0.4, -0.2) is 53.2 Å². The standard InChI is InChI=1S/C18H22BrN3O2/c1-2-21(12-18(23)24)15-7-9-22(10-8-15)17-6-3-13-11-14(19)4-5-16(13)20-17/h3-6,11,15H,2,7-10,12H2,1H3,(H,23,24). The average Bonchev–Trinajstić information content (AvgIpc) is 2.59. The van der Waals surface area contributed by atoms with Crippen molar-refractivity contribution in [2.75, 3.05) is 31.1 Å². The number of carboxylic acids is 1. The topological polar surface area (TPSA) is 56.7 Å². The van der Waals surface area contributed by atoms with Crippen molar-refractivity contribution in [3.05, 3.63) is 34.8 Å². The summed E-state index contributed by atoms with van der Waals surface area (Å²) in [7, 11) is 0. The number of anilines is 1. The number of hydrogen-bond donors (Lipinski definition) is 1. The van der Waals surface area contributed by atoms with E-state index in [1.165, 1.54) is 0 Å². The Hall–Kier alpha value is -1.66. The number of rotatable bonds is 5. The number of aromatic nitrogens is 1. The van der Waals surface area contributed by atoms with Gasteiger partial charge in [0.25, 0.3) is 0 Å². The summed E-state index contributed by atoms with van der Waals surface area (Å²) in [5.74, 6) is 0.256. The summed E-state index contributed by atoms with van der Waals surface area (Å²) >= 11 is 3.49. The zero-order valence-electron chi connectivity index (χ0n) is 13.8. The van der Waals surface area contributed by atoms with E-state index in [1.807, 2.05) is 19.1 Å². The van der Waals surface area contributed by atoms with Gasteiger partial charge in [0.1, 0.15) is 5.82 Å². The average molecular weight is 392 g/mol. The number of carboxylic acid groups (broad SMARTS) is 1. The van der Waals surface area contributed by atoms with Crippen molar-refractivity contribution in [3.8, 4) is 0 Å². The quantitative estimate of drug-likeness (QED) is 0.846. The highest BCUT2D eigenvalue weighted by Gasteiger charge is 2.25. The summed E-state index contributed by atoms with van der Waals surface area (Å²) in [6.07, 6.45) is 1.95. The van der Waals surface area contributed by atoms with Crippen molar-refractivity contribution in [3.63, 3.8) is 0 Å². The van der Waals surface area contributed by atoms with Crippen molar-refractivity contribution < 1.29 is 9.90 Å². The number of likely N-dealkylation sites (N-methyl/N-ethyl adjacent to an activating group) is 1. The molecule has 6 heteroatoms. The highest BCUT2D eigenvalue weighted by atomic mass is 79.9. The minimum Gasteiger partial charge on any atom is -0.480 e. The first-order valence-electron chi connectivity index (χ1n) is 8.34. The minimum atomic E-state index is -0.748. The van der Waals surface area contributed by atoms with Crippen molar-refractivity contribution in [1.29, 1.82) is 0 Å². The largest absolute Gasteiger partial charge is 0.480 e. The van der Waals surface area contributed by atoms with Crippen LogP contribution in [0.5, 0.6) is 0 Å². The molecule has 0 amide bonds. The van der Waals surface area contributed by atoms with Gasteiger partial charge in [0.2, 0.25) is 0 Å². The van der Waals surface area contributed by atoms with Crippen LogP contribution in [0.4, 0.5) is 5.82 Å². The lowest BCUT2D eigenvalue weighted by Crippen LogP contribution is -2.46. The highest BCUT2D eigenvalue weighted by molar-refractivity contribution is 9.10. The Balaban J connectivity index is 1.68. The first-order chi connectivity index (χ1) is 11.6. The van der Waals surface area contributed by atoms with Crippen molar-refractivity contribution >= 4 is 38.6 Å². The van der Waals surface area contributed by atoms with Crippen molar-refractivity contribution in [1.82, 2.24) is 9.88 Å². The molecule has 5 nitrogen and oxygen atoms in total. The normalized spacial score (nSPS) is 16.0. The summed E-state index contributed by atoms with van der Waals surface area (Å²) in [6.45, 7) is 4.76. The molecular formula is C18H22BrN3O2. The molecule has 1 fully saturated rings. The number of benzene rings is 1. The summed E-state index contributed by atoms with van der Waals surface area (Å²) in [6, 6.07) is 10.6. The van der Waals surface area contributed by atoms with E-state index in [1.54, 1.807) is 0 Å². The number of piperidine rings is 1. The molecule has 0 aliphatic carbocycles. The molecule has 1 aliphatic heterocycles. The Morgan fingerprint density at radius 1 is 1.33 bits per heavy atom. The fourth-order valence-corrected chi connectivity index (χ4v) is 3.77. The van der Waals surface area contributed by atoms with Gasteiger partial charge in [-0.3, -0.25) is 9.69 Å². The second kappa shape index (κ2) is 7.49.